The van der Waals surface area contributed by atoms with E-state index in [9.17, 15) is 9.59 Å². The summed E-state index contributed by atoms with van der Waals surface area (Å²) in [5.74, 6) is -0.284. The number of carbonyl (C=O) groups excluding carboxylic acids is 2. The number of carbonyl (C=O) groups is 2. The first-order valence-electron chi connectivity index (χ1n) is 8.96. The lowest BCUT2D eigenvalue weighted by Gasteiger charge is -2.20. The van der Waals surface area contributed by atoms with E-state index in [1.807, 2.05) is 12.1 Å². The van der Waals surface area contributed by atoms with Crippen molar-refractivity contribution in [2.45, 2.75) is 26.7 Å². The molecule has 1 aromatic carbocycles. The fourth-order valence-electron chi connectivity index (χ4n) is 2.49. The molecule has 27 heavy (non-hydrogen) atoms. The maximum atomic E-state index is 12.8. The van der Waals surface area contributed by atoms with E-state index in [0.717, 1.165) is 10.6 Å². The van der Waals surface area contributed by atoms with Gasteiger partial charge in [-0.2, -0.15) is 0 Å². The maximum Gasteiger partial charge on any atom is 0.325 e. The molecule has 0 spiro atoms. The molecule has 6 nitrogen and oxygen atoms in total. The zero-order chi connectivity index (χ0) is 19.8. The normalized spacial score (nSPS) is 10.9. The monoisotopic (exact) mass is 390 g/mol. The van der Waals surface area contributed by atoms with Crippen LogP contribution in [-0.2, 0) is 14.3 Å². The van der Waals surface area contributed by atoms with Crippen molar-refractivity contribution in [1.29, 1.82) is 0 Å². The van der Waals surface area contributed by atoms with Crippen molar-refractivity contribution in [3.8, 4) is 10.6 Å². The minimum atomic E-state index is -0.443. The van der Waals surface area contributed by atoms with Gasteiger partial charge in [0, 0.05) is 24.6 Å². The van der Waals surface area contributed by atoms with Gasteiger partial charge in [-0.05, 0) is 18.4 Å². The molecule has 1 aromatic heterocycles. The SMILES string of the molecule is CCOC(=O)CN(CCOC)C(=O)c1csc(-c2ccc(C(C)C)cc2)n1. The summed E-state index contributed by atoms with van der Waals surface area (Å²) in [7, 11) is 1.55. The summed E-state index contributed by atoms with van der Waals surface area (Å²) in [6.45, 7) is 6.81. The van der Waals surface area contributed by atoms with Crippen LogP contribution in [0, 0.1) is 0 Å². The minimum Gasteiger partial charge on any atom is -0.465 e. The molecule has 2 aromatic rings. The Morgan fingerprint density at radius 1 is 1.22 bits per heavy atom. The number of thiazole rings is 1. The van der Waals surface area contributed by atoms with Crippen molar-refractivity contribution in [2.75, 3.05) is 33.4 Å². The van der Waals surface area contributed by atoms with Gasteiger partial charge in [0.25, 0.3) is 5.91 Å². The molecule has 0 fully saturated rings. The number of amides is 1. The molecule has 2 rings (SSSR count). The highest BCUT2D eigenvalue weighted by Gasteiger charge is 2.22. The Kier molecular flexibility index (Phi) is 7.94. The van der Waals surface area contributed by atoms with E-state index in [0.29, 0.717) is 24.8 Å². The van der Waals surface area contributed by atoms with Crippen LogP contribution in [0.3, 0.4) is 0 Å². The first kappa shape index (κ1) is 21.1. The average Bonchev–Trinajstić information content (AvgIpc) is 3.15. The number of hydrogen-bond donors (Lipinski definition) is 0. The second kappa shape index (κ2) is 10.2. The number of rotatable bonds is 9. The number of ether oxygens (including phenoxy) is 2. The minimum absolute atomic E-state index is 0.119. The summed E-state index contributed by atoms with van der Waals surface area (Å²) >= 11 is 1.41. The van der Waals surface area contributed by atoms with E-state index in [-0.39, 0.29) is 19.1 Å². The predicted molar refractivity (Wildman–Crippen MR) is 106 cm³/mol. The van der Waals surface area contributed by atoms with Crippen molar-refractivity contribution in [3.63, 3.8) is 0 Å². The molecule has 146 valence electrons. The lowest BCUT2D eigenvalue weighted by Crippen LogP contribution is -2.38. The van der Waals surface area contributed by atoms with Gasteiger partial charge in [-0.1, -0.05) is 38.1 Å². The van der Waals surface area contributed by atoms with Crippen molar-refractivity contribution >= 4 is 23.2 Å². The zero-order valence-corrected chi connectivity index (χ0v) is 17.0. The summed E-state index contributed by atoms with van der Waals surface area (Å²) < 4.78 is 9.99. The topological polar surface area (TPSA) is 68.7 Å². The molecule has 0 saturated carbocycles. The van der Waals surface area contributed by atoms with Gasteiger partial charge in [0.05, 0.1) is 13.2 Å². The van der Waals surface area contributed by atoms with Crippen LogP contribution in [-0.4, -0.2) is 55.2 Å². The van der Waals surface area contributed by atoms with E-state index in [2.05, 4.69) is 31.0 Å². The molecule has 0 bridgehead atoms. The largest absolute Gasteiger partial charge is 0.465 e. The number of methoxy groups -OCH3 is 1. The van der Waals surface area contributed by atoms with Crippen molar-refractivity contribution in [3.05, 3.63) is 40.9 Å². The molecule has 0 atom stereocenters. The molecule has 0 aliphatic carbocycles. The quantitative estimate of drug-likeness (QED) is 0.612. The van der Waals surface area contributed by atoms with Gasteiger partial charge in [0.2, 0.25) is 0 Å². The zero-order valence-electron chi connectivity index (χ0n) is 16.2. The molecule has 0 radical (unpaired) electrons. The van der Waals surface area contributed by atoms with Gasteiger partial charge < -0.3 is 14.4 Å². The highest BCUT2D eigenvalue weighted by atomic mass is 32.1. The number of benzene rings is 1. The Labute approximate surface area is 164 Å². The highest BCUT2D eigenvalue weighted by Crippen LogP contribution is 2.26. The molecular weight excluding hydrogens is 364 g/mol. The maximum absolute atomic E-state index is 12.8. The molecule has 1 heterocycles. The Morgan fingerprint density at radius 2 is 1.93 bits per heavy atom. The van der Waals surface area contributed by atoms with Crippen LogP contribution < -0.4 is 0 Å². The fourth-order valence-corrected chi connectivity index (χ4v) is 3.29. The first-order chi connectivity index (χ1) is 13.0. The smallest absolute Gasteiger partial charge is 0.325 e. The first-order valence-corrected chi connectivity index (χ1v) is 9.83. The van der Waals surface area contributed by atoms with E-state index in [4.69, 9.17) is 9.47 Å². The van der Waals surface area contributed by atoms with Gasteiger partial charge >= 0.3 is 5.97 Å². The van der Waals surface area contributed by atoms with Crippen LogP contribution in [0.5, 0.6) is 0 Å². The number of aromatic nitrogens is 1. The van der Waals surface area contributed by atoms with Crippen LogP contribution in [0.4, 0.5) is 0 Å². The number of esters is 1. The van der Waals surface area contributed by atoms with E-state index < -0.39 is 5.97 Å². The summed E-state index contributed by atoms with van der Waals surface area (Å²) in [4.78, 5) is 30.5. The summed E-state index contributed by atoms with van der Waals surface area (Å²) in [6.07, 6.45) is 0. The second-order valence-corrected chi connectivity index (χ2v) is 7.20. The summed E-state index contributed by atoms with van der Waals surface area (Å²) in [6, 6.07) is 8.19. The molecular formula is C20H26N2O4S. The summed E-state index contributed by atoms with van der Waals surface area (Å²) in [5.41, 5.74) is 2.55. The number of hydrogen-bond acceptors (Lipinski definition) is 6. The van der Waals surface area contributed by atoms with Crippen LogP contribution in [0.2, 0.25) is 0 Å². The van der Waals surface area contributed by atoms with Gasteiger partial charge in [-0.3, -0.25) is 9.59 Å². The van der Waals surface area contributed by atoms with Gasteiger partial charge in [-0.15, -0.1) is 11.3 Å². The van der Waals surface area contributed by atoms with Crippen LogP contribution in [0.25, 0.3) is 10.6 Å². The standard InChI is InChI=1S/C20H26N2O4S/c1-5-26-18(23)12-22(10-11-25-4)20(24)17-13-27-19(21-17)16-8-6-15(7-9-16)14(2)3/h6-9,13-14H,5,10-12H2,1-4H3. The van der Waals surface area contributed by atoms with Crippen LogP contribution in [0.1, 0.15) is 42.7 Å². The number of nitrogens with zero attached hydrogens (tertiary/aromatic N) is 2. The van der Waals surface area contributed by atoms with Gasteiger partial charge in [0.15, 0.2) is 0 Å². The molecule has 0 unspecified atom stereocenters. The van der Waals surface area contributed by atoms with Gasteiger partial charge in [-0.25, -0.2) is 4.98 Å². The van der Waals surface area contributed by atoms with Crippen molar-refractivity contribution in [1.82, 2.24) is 9.88 Å². The van der Waals surface area contributed by atoms with E-state index in [1.165, 1.54) is 21.8 Å². The van der Waals surface area contributed by atoms with Crippen LogP contribution >= 0.6 is 11.3 Å². The average molecular weight is 391 g/mol. The summed E-state index contributed by atoms with van der Waals surface area (Å²) in [5, 5.41) is 2.50. The van der Waals surface area contributed by atoms with Crippen LogP contribution in [0.15, 0.2) is 29.6 Å². The predicted octanol–water partition coefficient (Wildman–Crippen LogP) is 3.59. The van der Waals surface area contributed by atoms with Crippen molar-refractivity contribution < 1.29 is 19.1 Å². The van der Waals surface area contributed by atoms with Crippen molar-refractivity contribution in [2.24, 2.45) is 0 Å². The Balaban J connectivity index is 2.15. The van der Waals surface area contributed by atoms with E-state index >= 15 is 0 Å². The third-order valence-corrected chi connectivity index (χ3v) is 4.92. The Morgan fingerprint density at radius 3 is 2.52 bits per heavy atom. The Bertz CT molecular complexity index is 756. The highest BCUT2D eigenvalue weighted by molar-refractivity contribution is 7.13. The van der Waals surface area contributed by atoms with Gasteiger partial charge in [0.1, 0.15) is 17.2 Å². The molecule has 0 aliphatic rings. The Hall–Kier alpha value is -2.25. The third-order valence-electron chi connectivity index (χ3n) is 4.03. The molecule has 0 saturated heterocycles. The third kappa shape index (κ3) is 5.87. The lowest BCUT2D eigenvalue weighted by molar-refractivity contribution is -0.143. The lowest BCUT2D eigenvalue weighted by atomic mass is 10.0. The molecule has 0 aliphatic heterocycles. The molecule has 0 N–H and O–H groups in total. The molecule has 7 heteroatoms. The fraction of sp³-hybridized carbons (Fsp3) is 0.450. The molecule has 1 amide bonds. The van der Waals surface area contributed by atoms with E-state index in [1.54, 1.807) is 19.4 Å². The second-order valence-electron chi connectivity index (χ2n) is 6.34.